The lowest BCUT2D eigenvalue weighted by Crippen LogP contribution is -2.11. The summed E-state index contributed by atoms with van der Waals surface area (Å²) in [5.41, 5.74) is -1.04. The number of rotatable bonds is 5. The van der Waals surface area contributed by atoms with Crippen LogP contribution in [0.3, 0.4) is 0 Å². The molecule has 0 bridgehead atoms. The van der Waals surface area contributed by atoms with Crippen molar-refractivity contribution in [3.63, 3.8) is 0 Å². The Balaban J connectivity index is 2.50. The number of ether oxygens (including phenoxy) is 1. The summed E-state index contributed by atoms with van der Waals surface area (Å²) < 4.78 is 56.1. The third-order valence-corrected chi connectivity index (χ3v) is 4.28. The van der Waals surface area contributed by atoms with Gasteiger partial charge in [0.2, 0.25) is 10.1 Å². The highest BCUT2D eigenvalue weighted by Crippen LogP contribution is 2.34. The van der Waals surface area contributed by atoms with Gasteiger partial charge in [0, 0.05) is 6.21 Å². The summed E-state index contributed by atoms with van der Waals surface area (Å²) in [5, 5.41) is 13.8. The van der Waals surface area contributed by atoms with E-state index in [1.807, 2.05) is 0 Å². The van der Waals surface area contributed by atoms with Crippen molar-refractivity contribution in [2.45, 2.75) is 13.1 Å². The molecule has 0 aromatic carbocycles. The molecule has 2 aromatic rings. The van der Waals surface area contributed by atoms with Gasteiger partial charge in [-0.05, 0) is 13.0 Å². The van der Waals surface area contributed by atoms with E-state index in [0.29, 0.717) is 12.3 Å². The topological polar surface area (TPSA) is 97.6 Å². The number of carbonyl (C=O) groups excluding carboxylic acids is 1. The molecule has 150 valence electrons. The predicted octanol–water partition coefficient (Wildman–Crippen LogP) is 4.63. The third kappa shape index (κ3) is 5.14. The molecular formula is C14H8Cl2F4N4O3S. The van der Waals surface area contributed by atoms with Gasteiger partial charge in [-0.3, -0.25) is 0 Å². The molecule has 0 amide bonds. The Morgan fingerprint density at radius 3 is 2.61 bits per heavy atom. The summed E-state index contributed by atoms with van der Waals surface area (Å²) in [6.45, 7) is 1.38. The minimum absolute atomic E-state index is 0.0958. The molecule has 0 saturated carbocycles. The fraction of sp³-hybridized carbons (Fsp3) is 0.214. The number of halogens is 6. The van der Waals surface area contributed by atoms with E-state index >= 15 is 0 Å². The normalized spacial score (nSPS) is 13.0. The first-order chi connectivity index (χ1) is 13.0. The van der Waals surface area contributed by atoms with Gasteiger partial charge >= 0.3 is 12.1 Å². The van der Waals surface area contributed by atoms with Crippen molar-refractivity contribution in [2.75, 3.05) is 6.61 Å². The van der Waals surface area contributed by atoms with Crippen molar-refractivity contribution in [2.24, 2.45) is 4.99 Å². The van der Waals surface area contributed by atoms with Gasteiger partial charge in [-0.1, -0.05) is 34.5 Å². The number of hydrogen-bond donors (Lipinski definition) is 1. The van der Waals surface area contributed by atoms with Crippen LogP contribution in [0, 0.1) is 5.82 Å². The summed E-state index contributed by atoms with van der Waals surface area (Å²) in [4.78, 5) is 19.1. The van der Waals surface area contributed by atoms with Gasteiger partial charge in [0.1, 0.15) is 16.5 Å². The summed E-state index contributed by atoms with van der Waals surface area (Å²) in [6.07, 6.45) is -4.02. The predicted molar refractivity (Wildman–Crippen MR) is 93.5 cm³/mol. The lowest BCUT2D eigenvalue weighted by Gasteiger charge is -2.08. The highest BCUT2D eigenvalue weighted by atomic mass is 35.5. The van der Waals surface area contributed by atoms with E-state index in [9.17, 15) is 27.5 Å². The van der Waals surface area contributed by atoms with Crippen LogP contribution in [0.2, 0.25) is 10.3 Å². The molecule has 28 heavy (non-hydrogen) atoms. The zero-order chi connectivity index (χ0) is 21.1. The van der Waals surface area contributed by atoms with Crippen LogP contribution in [0.1, 0.15) is 17.5 Å². The molecule has 1 N–H and O–H groups in total. The maximum Gasteiger partial charge on any atom is 0.445 e. The average molecular weight is 459 g/mol. The van der Waals surface area contributed by atoms with E-state index in [2.05, 4.69) is 20.2 Å². The van der Waals surface area contributed by atoms with Gasteiger partial charge in [0.25, 0.3) is 0 Å². The second-order valence-corrected chi connectivity index (χ2v) is 6.40. The van der Waals surface area contributed by atoms with Crippen LogP contribution < -0.4 is 0 Å². The van der Waals surface area contributed by atoms with Crippen LogP contribution in [0.15, 0.2) is 16.6 Å². The van der Waals surface area contributed by atoms with Gasteiger partial charge in [0.05, 0.1) is 12.2 Å². The first kappa shape index (κ1) is 22.0. The Morgan fingerprint density at radius 1 is 1.36 bits per heavy atom. The van der Waals surface area contributed by atoms with Crippen LogP contribution in [-0.2, 0) is 15.7 Å². The van der Waals surface area contributed by atoms with Gasteiger partial charge in [-0.2, -0.15) is 13.2 Å². The summed E-state index contributed by atoms with van der Waals surface area (Å²) in [5.74, 6) is -3.02. The largest absolute Gasteiger partial charge is 0.506 e. The first-order valence-electron chi connectivity index (χ1n) is 7.11. The minimum atomic E-state index is -4.71. The fourth-order valence-corrected chi connectivity index (χ4v) is 2.65. The van der Waals surface area contributed by atoms with E-state index in [1.165, 1.54) is 6.92 Å². The fourth-order valence-electron chi connectivity index (χ4n) is 1.68. The molecule has 0 aliphatic heterocycles. The van der Waals surface area contributed by atoms with Crippen LogP contribution in [0.25, 0.3) is 5.76 Å². The van der Waals surface area contributed by atoms with Crippen molar-refractivity contribution in [1.29, 1.82) is 0 Å². The molecule has 0 radical (unpaired) electrons. The van der Waals surface area contributed by atoms with Crippen LogP contribution in [-0.4, -0.2) is 39.1 Å². The SMILES string of the molecule is CCOC(=O)C(C=Nc1nnc(C(F)(F)F)s1)=C(O)c1cc(F)c(Cl)nc1Cl. The van der Waals surface area contributed by atoms with Gasteiger partial charge in [-0.15, -0.1) is 10.2 Å². The minimum Gasteiger partial charge on any atom is -0.506 e. The molecule has 2 heterocycles. The molecule has 0 unspecified atom stereocenters. The number of aromatic nitrogens is 3. The summed E-state index contributed by atoms with van der Waals surface area (Å²) in [7, 11) is 0. The maximum absolute atomic E-state index is 13.6. The van der Waals surface area contributed by atoms with E-state index in [1.54, 1.807) is 0 Å². The van der Waals surface area contributed by atoms with E-state index < -0.39 is 55.3 Å². The van der Waals surface area contributed by atoms with E-state index in [0.717, 1.165) is 0 Å². The molecule has 0 spiro atoms. The van der Waals surface area contributed by atoms with Crippen LogP contribution in [0.4, 0.5) is 22.7 Å². The lowest BCUT2D eigenvalue weighted by molar-refractivity contribution is -0.138. The smallest absolute Gasteiger partial charge is 0.445 e. The number of alkyl halides is 3. The molecule has 0 aliphatic carbocycles. The molecule has 2 rings (SSSR count). The zero-order valence-electron chi connectivity index (χ0n) is 13.6. The van der Waals surface area contributed by atoms with E-state index in [4.69, 9.17) is 27.9 Å². The molecular weight excluding hydrogens is 451 g/mol. The van der Waals surface area contributed by atoms with Crippen molar-refractivity contribution < 1.29 is 32.2 Å². The molecule has 0 aliphatic rings. The number of nitrogens with zero attached hydrogens (tertiary/aromatic N) is 4. The molecule has 0 saturated heterocycles. The van der Waals surface area contributed by atoms with Crippen molar-refractivity contribution in [3.05, 3.63) is 38.3 Å². The Hall–Kier alpha value is -2.31. The third-order valence-electron chi connectivity index (χ3n) is 2.85. The quantitative estimate of drug-likeness (QED) is 0.175. The number of aliphatic hydroxyl groups is 1. The number of pyridine rings is 1. The summed E-state index contributed by atoms with van der Waals surface area (Å²) in [6, 6.07) is 0.715. The number of hydrogen-bond acceptors (Lipinski definition) is 8. The first-order valence-corrected chi connectivity index (χ1v) is 8.68. The summed E-state index contributed by atoms with van der Waals surface area (Å²) >= 11 is 11.4. The monoisotopic (exact) mass is 458 g/mol. The van der Waals surface area contributed by atoms with Crippen molar-refractivity contribution >= 4 is 57.6 Å². The van der Waals surface area contributed by atoms with Crippen molar-refractivity contribution in [3.8, 4) is 0 Å². The molecule has 2 aromatic heterocycles. The second-order valence-electron chi connectivity index (χ2n) is 4.73. The standard InChI is InChI=1S/C14H8Cl2F4N4O3S/c1-2-27-11(26)6(4-21-13-24-23-12(28-13)14(18,19)20)8(25)5-3-7(17)10(16)22-9(5)15/h3-4,25H,2H2,1H3. The van der Waals surface area contributed by atoms with Crippen molar-refractivity contribution in [1.82, 2.24) is 15.2 Å². The second kappa shape index (κ2) is 8.80. The Morgan fingerprint density at radius 2 is 2.04 bits per heavy atom. The zero-order valence-corrected chi connectivity index (χ0v) is 15.9. The van der Waals surface area contributed by atoms with E-state index in [-0.39, 0.29) is 17.9 Å². The van der Waals surface area contributed by atoms with Gasteiger partial charge < -0.3 is 9.84 Å². The number of aliphatic imine (C=N–C) groups is 1. The molecule has 0 fully saturated rings. The average Bonchev–Trinajstić information content (AvgIpc) is 3.07. The molecule has 0 atom stereocenters. The lowest BCUT2D eigenvalue weighted by atomic mass is 10.1. The van der Waals surface area contributed by atoms with Gasteiger partial charge in [0.15, 0.2) is 11.0 Å². The Bertz CT molecular complexity index is 963. The highest BCUT2D eigenvalue weighted by Gasteiger charge is 2.35. The number of esters is 1. The van der Waals surface area contributed by atoms with Gasteiger partial charge in [-0.25, -0.2) is 19.2 Å². The number of carbonyl (C=O) groups is 1. The highest BCUT2D eigenvalue weighted by molar-refractivity contribution is 7.15. The van der Waals surface area contributed by atoms with Crippen LogP contribution >= 0.6 is 34.5 Å². The Labute approximate surface area is 168 Å². The maximum atomic E-state index is 13.6. The van der Waals surface area contributed by atoms with Crippen LogP contribution in [0.5, 0.6) is 0 Å². The molecule has 7 nitrogen and oxygen atoms in total. The Kier molecular flexibility index (Phi) is 6.91. The number of aliphatic hydroxyl groups excluding tert-OH is 1. The molecule has 14 heteroatoms.